The fourth-order valence-electron chi connectivity index (χ4n) is 3.02. The molecule has 4 rings (SSSR count). The van der Waals surface area contributed by atoms with Crippen LogP contribution in [0.1, 0.15) is 33.0 Å². The van der Waals surface area contributed by atoms with Crippen LogP contribution in [0.25, 0.3) is 10.8 Å². The number of benzene rings is 1. The minimum Gasteiger partial charge on any atom is -0.321 e. The van der Waals surface area contributed by atoms with E-state index in [1.54, 1.807) is 17.5 Å². The second-order valence-corrected chi connectivity index (χ2v) is 6.76. The number of pyridine rings is 1. The number of rotatable bonds is 2. The molecule has 1 N–H and O–H groups in total. The second kappa shape index (κ2) is 5.54. The summed E-state index contributed by atoms with van der Waals surface area (Å²) in [6.07, 6.45) is 8.27. The first-order valence-corrected chi connectivity index (χ1v) is 8.38. The molecule has 0 unspecified atom stereocenters. The maximum absolute atomic E-state index is 12.6. The van der Waals surface area contributed by atoms with Gasteiger partial charge in [-0.1, -0.05) is 12.1 Å². The molecule has 1 amide bonds. The summed E-state index contributed by atoms with van der Waals surface area (Å²) in [4.78, 5) is 18.9. The monoisotopic (exact) mass is 308 g/mol. The topological polar surface area (TPSA) is 42.0 Å². The van der Waals surface area contributed by atoms with Gasteiger partial charge in [0.25, 0.3) is 5.91 Å². The number of hydrogen-bond donors (Lipinski definition) is 1. The van der Waals surface area contributed by atoms with Crippen molar-refractivity contribution >= 4 is 33.7 Å². The van der Waals surface area contributed by atoms with Crippen molar-refractivity contribution in [2.24, 2.45) is 0 Å². The van der Waals surface area contributed by atoms with Crippen molar-refractivity contribution in [2.45, 2.75) is 25.7 Å². The molecule has 3 nitrogen and oxygen atoms in total. The molecule has 0 bridgehead atoms. The molecule has 0 fully saturated rings. The van der Waals surface area contributed by atoms with E-state index in [9.17, 15) is 4.79 Å². The highest BCUT2D eigenvalue weighted by atomic mass is 32.1. The summed E-state index contributed by atoms with van der Waals surface area (Å²) in [5, 5.41) is 5.11. The van der Waals surface area contributed by atoms with E-state index in [0.717, 1.165) is 34.2 Å². The van der Waals surface area contributed by atoms with E-state index in [-0.39, 0.29) is 5.91 Å². The number of carbonyl (C=O) groups excluding carboxylic acids is 1. The summed E-state index contributed by atoms with van der Waals surface area (Å²) in [6.45, 7) is 0. The number of aryl methyl sites for hydroxylation is 2. The van der Waals surface area contributed by atoms with Gasteiger partial charge in [0.05, 0.1) is 4.88 Å². The molecule has 0 aliphatic heterocycles. The highest BCUT2D eigenvalue weighted by molar-refractivity contribution is 7.14. The van der Waals surface area contributed by atoms with Gasteiger partial charge < -0.3 is 5.32 Å². The van der Waals surface area contributed by atoms with Crippen LogP contribution >= 0.6 is 11.3 Å². The van der Waals surface area contributed by atoms with Crippen molar-refractivity contribution in [3.8, 4) is 0 Å². The lowest BCUT2D eigenvalue weighted by Crippen LogP contribution is -2.10. The standard InChI is InChI=1S/C18H16N2OS/c21-18(17-10-12-4-1-2-7-16(12)22-17)20-15-6-3-5-13-11-19-9-8-14(13)15/h3,5-6,8-11H,1-2,4,7H2,(H,20,21). The Morgan fingerprint density at radius 2 is 2.09 bits per heavy atom. The van der Waals surface area contributed by atoms with E-state index in [1.807, 2.05) is 30.5 Å². The molecular weight excluding hydrogens is 292 g/mol. The maximum Gasteiger partial charge on any atom is 0.265 e. The lowest BCUT2D eigenvalue weighted by Gasteiger charge is -2.08. The van der Waals surface area contributed by atoms with Crippen LogP contribution in [0.15, 0.2) is 42.7 Å². The normalized spacial score (nSPS) is 13.8. The van der Waals surface area contributed by atoms with Crippen molar-refractivity contribution in [3.05, 3.63) is 58.0 Å². The second-order valence-electron chi connectivity index (χ2n) is 5.62. The average molecular weight is 308 g/mol. The van der Waals surface area contributed by atoms with Gasteiger partial charge in [-0.3, -0.25) is 9.78 Å². The van der Waals surface area contributed by atoms with Crippen LogP contribution in [0.3, 0.4) is 0 Å². The van der Waals surface area contributed by atoms with Crippen molar-refractivity contribution in [3.63, 3.8) is 0 Å². The first-order valence-electron chi connectivity index (χ1n) is 7.57. The molecule has 0 saturated carbocycles. The number of carbonyl (C=O) groups is 1. The van der Waals surface area contributed by atoms with Crippen LogP contribution in [-0.2, 0) is 12.8 Å². The highest BCUT2D eigenvalue weighted by Crippen LogP contribution is 2.30. The van der Waals surface area contributed by atoms with E-state index >= 15 is 0 Å². The summed E-state index contributed by atoms with van der Waals surface area (Å²) in [6, 6.07) is 9.89. The molecule has 3 aromatic rings. The summed E-state index contributed by atoms with van der Waals surface area (Å²) in [7, 11) is 0. The van der Waals surface area contributed by atoms with Crippen LogP contribution in [-0.4, -0.2) is 10.9 Å². The van der Waals surface area contributed by atoms with Crippen LogP contribution in [0.2, 0.25) is 0 Å². The van der Waals surface area contributed by atoms with Gasteiger partial charge in [-0.15, -0.1) is 11.3 Å². The highest BCUT2D eigenvalue weighted by Gasteiger charge is 2.17. The molecule has 0 spiro atoms. The third-order valence-electron chi connectivity index (χ3n) is 4.15. The van der Waals surface area contributed by atoms with Gasteiger partial charge in [-0.2, -0.15) is 0 Å². The number of fused-ring (bicyclic) bond motifs is 2. The first kappa shape index (κ1) is 13.5. The molecule has 110 valence electrons. The van der Waals surface area contributed by atoms with Gasteiger partial charge in [-0.25, -0.2) is 0 Å². The predicted molar refractivity (Wildman–Crippen MR) is 90.7 cm³/mol. The van der Waals surface area contributed by atoms with Crippen LogP contribution in [0, 0.1) is 0 Å². The molecule has 1 aliphatic rings. The van der Waals surface area contributed by atoms with Gasteiger partial charge in [0.15, 0.2) is 0 Å². The molecule has 0 saturated heterocycles. The van der Waals surface area contributed by atoms with Gasteiger partial charge in [0, 0.05) is 33.7 Å². The molecule has 22 heavy (non-hydrogen) atoms. The quantitative estimate of drug-likeness (QED) is 0.761. The minimum atomic E-state index is -0.0105. The largest absolute Gasteiger partial charge is 0.321 e. The van der Waals surface area contributed by atoms with E-state index in [0.29, 0.717) is 0 Å². The Morgan fingerprint density at radius 3 is 3.00 bits per heavy atom. The van der Waals surface area contributed by atoms with Crippen molar-refractivity contribution < 1.29 is 4.79 Å². The maximum atomic E-state index is 12.6. The Hall–Kier alpha value is -2.20. The van der Waals surface area contributed by atoms with Gasteiger partial charge in [-0.05, 0) is 49.4 Å². The summed E-state index contributed by atoms with van der Waals surface area (Å²) in [5.41, 5.74) is 2.21. The molecule has 0 atom stereocenters. The molecule has 1 aromatic carbocycles. The van der Waals surface area contributed by atoms with Crippen LogP contribution in [0.4, 0.5) is 5.69 Å². The first-order chi connectivity index (χ1) is 10.8. The SMILES string of the molecule is O=C(Nc1cccc2cnccc12)c1cc2c(s1)CCCC2. The van der Waals surface area contributed by atoms with Crippen LogP contribution < -0.4 is 5.32 Å². The number of thiophene rings is 1. The van der Waals surface area contributed by atoms with Crippen molar-refractivity contribution in [1.82, 2.24) is 4.98 Å². The van der Waals surface area contributed by atoms with E-state index in [1.165, 1.54) is 23.3 Å². The fourth-order valence-corrected chi connectivity index (χ4v) is 4.17. The van der Waals surface area contributed by atoms with E-state index in [4.69, 9.17) is 0 Å². The Balaban J connectivity index is 1.65. The Morgan fingerprint density at radius 1 is 1.18 bits per heavy atom. The van der Waals surface area contributed by atoms with Crippen molar-refractivity contribution in [1.29, 1.82) is 0 Å². The average Bonchev–Trinajstić information content (AvgIpc) is 2.99. The number of hydrogen-bond acceptors (Lipinski definition) is 3. The number of amides is 1. The third-order valence-corrected chi connectivity index (χ3v) is 5.39. The molecule has 4 heteroatoms. The zero-order valence-corrected chi connectivity index (χ0v) is 13.0. The van der Waals surface area contributed by atoms with Crippen LogP contribution in [0.5, 0.6) is 0 Å². The minimum absolute atomic E-state index is 0.0105. The van der Waals surface area contributed by atoms with Gasteiger partial charge in [0.1, 0.15) is 0 Å². The molecular formula is C18H16N2OS. The van der Waals surface area contributed by atoms with Gasteiger partial charge in [0.2, 0.25) is 0 Å². The smallest absolute Gasteiger partial charge is 0.265 e. The molecule has 2 heterocycles. The van der Waals surface area contributed by atoms with E-state index in [2.05, 4.69) is 16.4 Å². The van der Waals surface area contributed by atoms with E-state index < -0.39 is 0 Å². The molecule has 0 radical (unpaired) electrons. The summed E-state index contributed by atoms with van der Waals surface area (Å²) in [5.74, 6) is -0.0105. The third kappa shape index (κ3) is 2.40. The number of anilines is 1. The zero-order valence-electron chi connectivity index (χ0n) is 12.1. The van der Waals surface area contributed by atoms with Gasteiger partial charge >= 0.3 is 0 Å². The zero-order chi connectivity index (χ0) is 14.9. The fraction of sp³-hybridized carbons (Fsp3) is 0.222. The Kier molecular flexibility index (Phi) is 3.39. The molecule has 2 aromatic heterocycles. The lowest BCUT2D eigenvalue weighted by molar-refractivity contribution is 0.103. The number of nitrogens with zero attached hydrogens (tertiary/aromatic N) is 1. The summed E-state index contributed by atoms with van der Waals surface area (Å²) < 4.78 is 0. The number of nitrogens with one attached hydrogen (secondary N) is 1. The Labute approximate surface area is 133 Å². The lowest BCUT2D eigenvalue weighted by atomic mass is 9.99. The summed E-state index contributed by atoms with van der Waals surface area (Å²) >= 11 is 1.64. The number of aromatic nitrogens is 1. The van der Waals surface area contributed by atoms with Crippen molar-refractivity contribution in [2.75, 3.05) is 5.32 Å². The predicted octanol–water partition coefficient (Wildman–Crippen LogP) is 4.43. The Bertz CT molecular complexity index is 824. The molecule has 1 aliphatic carbocycles.